The van der Waals surface area contributed by atoms with Crippen LogP contribution in [-0.4, -0.2) is 64.7 Å². The van der Waals surface area contributed by atoms with Crippen molar-refractivity contribution in [3.63, 3.8) is 0 Å². The lowest BCUT2D eigenvalue weighted by Crippen LogP contribution is -2.49. The molecule has 2 rings (SSSR count). The van der Waals surface area contributed by atoms with Gasteiger partial charge in [-0.25, -0.2) is 8.42 Å². The van der Waals surface area contributed by atoms with Crippen LogP contribution in [0, 0.1) is 0 Å². The summed E-state index contributed by atoms with van der Waals surface area (Å²) in [4.78, 5) is 28.0. The van der Waals surface area contributed by atoms with Crippen molar-refractivity contribution in [2.75, 3.05) is 37.9 Å². The molecule has 11 heteroatoms. The molecule has 0 aliphatic rings. The minimum Gasteiger partial charge on any atom is -0.497 e. The lowest BCUT2D eigenvalue weighted by Gasteiger charge is -2.31. The zero-order valence-corrected chi connectivity index (χ0v) is 24.3. The number of nitrogens with one attached hydrogen (secondary N) is 1. The van der Waals surface area contributed by atoms with Crippen molar-refractivity contribution in [3.05, 3.63) is 53.1 Å². The largest absolute Gasteiger partial charge is 0.497 e. The molecule has 0 aliphatic heterocycles. The molecule has 0 bridgehead atoms. The summed E-state index contributed by atoms with van der Waals surface area (Å²) >= 11 is 6.21. The topological polar surface area (TPSA) is 105 Å². The minimum absolute atomic E-state index is 0.0591. The van der Waals surface area contributed by atoms with Crippen LogP contribution in [0.15, 0.2) is 42.5 Å². The zero-order valence-electron chi connectivity index (χ0n) is 22.7. The van der Waals surface area contributed by atoms with Crippen LogP contribution < -0.4 is 19.1 Å². The number of anilines is 1. The van der Waals surface area contributed by atoms with Gasteiger partial charge in [-0.3, -0.25) is 13.9 Å². The van der Waals surface area contributed by atoms with Crippen LogP contribution in [0.5, 0.6) is 11.5 Å². The van der Waals surface area contributed by atoms with E-state index in [1.807, 2.05) is 26.0 Å². The summed E-state index contributed by atoms with van der Waals surface area (Å²) < 4.78 is 36.7. The van der Waals surface area contributed by atoms with Gasteiger partial charge in [-0.1, -0.05) is 37.6 Å². The molecule has 0 radical (unpaired) electrons. The Morgan fingerprint density at radius 2 is 1.74 bits per heavy atom. The van der Waals surface area contributed by atoms with Gasteiger partial charge in [0.05, 0.1) is 31.2 Å². The van der Waals surface area contributed by atoms with Crippen LogP contribution in [0.25, 0.3) is 0 Å². The number of rotatable bonds is 15. The smallest absolute Gasteiger partial charge is 0.242 e. The number of ether oxygens (including phenoxy) is 2. The number of amides is 2. The predicted octanol–water partition coefficient (Wildman–Crippen LogP) is 4.24. The van der Waals surface area contributed by atoms with Crippen LogP contribution in [0.3, 0.4) is 0 Å². The highest BCUT2D eigenvalue weighted by atomic mass is 35.5. The highest BCUT2D eigenvalue weighted by Gasteiger charge is 2.28. The first kappa shape index (κ1) is 31.2. The minimum atomic E-state index is -3.64. The SMILES string of the molecule is CCCNC(=O)[C@@H](CC)N(Cc1ccc(OC)cc1)C(=O)CCCN(c1ccc(OC)c(Cl)c1)S(C)(=O)=O. The Bertz CT molecular complexity index is 1170. The Hall–Kier alpha value is -2.98. The first-order chi connectivity index (χ1) is 18.0. The standard InChI is InChI=1S/C27H38ClN3O6S/c1-6-16-29-27(33)24(7-2)30(19-20-10-13-22(36-3)14-11-20)26(32)9-8-17-31(38(5,34)35)21-12-15-25(37-4)23(28)18-21/h10-15,18,24H,6-9,16-17,19H2,1-5H3,(H,29,33)/t24-/m1/s1. The Balaban J connectivity index is 2.22. The van der Waals surface area contributed by atoms with Crippen LogP contribution in [-0.2, 0) is 26.2 Å². The highest BCUT2D eigenvalue weighted by Crippen LogP contribution is 2.30. The fourth-order valence-corrected chi connectivity index (χ4v) is 5.24. The van der Waals surface area contributed by atoms with Crippen molar-refractivity contribution in [2.24, 2.45) is 0 Å². The second-order valence-electron chi connectivity index (χ2n) is 8.84. The zero-order chi connectivity index (χ0) is 28.3. The number of halogens is 1. The van der Waals surface area contributed by atoms with E-state index in [-0.39, 0.29) is 42.8 Å². The van der Waals surface area contributed by atoms with Gasteiger partial charge in [0.2, 0.25) is 21.8 Å². The van der Waals surface area contributed by atoms with Gasteiger partial charge in [0, 0.05) is 26.1 Å². The molecule has 9 nitrogen and oxygen atoms in total. The summed E-state index contributed by atoms with van der Waals surface area (Å²) in [5, 5.41) is 3.17. The number of sulfonamides is 1. The average Bonchev–Trinajstić information content (AvgIpc) is 2.89. The molecule has 0 fully saturated rings. The van der Waals surface area contributed by atoms with Crippen molar-refractivity contribution in [1.82, 2.24) is 10.2 Å². The predicted molar refractivity (Wildman–Crippen MR) is 150 cm³/mol. The normalized spacial score (nSPS) is 11.9. The number of carbonyl (C=O) groups excluding carboxylic acids is 2. The number of nitrogens with zero attached hydrogens (tertiary/aromatic N) is 2. The third-order valence-electron chi connectivity index (χ3n) is 6.02. The van der Waals surface area contributed by atoms with E-state index in [2.05, 4.69) is 5.32 Å². The third-order valence-corrected chi connectivity index (χ3v) is 7.51. The average molecular weight is 568 g/mol. The van der Waals surface area contributed by atoms with Gasteiger partial charge in [-0.05, 0) is 55.2 Å². The molecule has 0 saturated carbocycles. The molecule has 1 atom stereocenters. The Morgan fingerprint density at radius 1 is 1.05 bits per heavy atom. The number of benzene rings is 2. The molecule has 2 aromatic carbocycles. The van der Waals surface area contributed by atoms with Gasteiger partial charge in [-0.15, -0.1) is 0 Å². The molecule has 0 aliphatic carbocycles. The molecule has 0 heterocycles. The first-order valence-electron chi connectivity index (χ1n) is 12.6. The summed E-state index contributed by atoms with van der Waals surface area (Å²) in [7, 11) is -0.584. The molecule has 2 amide bonds. The molecule has 210 valence electrons. The van der Waals surface area contributed by atoms with Gasteiger partial charge in [0.15, 0.2) is 0 Å². The van der Waals surface area contributed by atoms with Gasteiger partial charge < -0.3 is 19.7 Å². The molecule has 38 heavy (non-hydrogen) atoms. The number of hydrogen-bond acceptors (Lipinski definition) is 6. The number of carbonyl (C=O) groups is 2. The van der Waals surface area contributed by atoms with E-state index in [1.54, 1.807) is 36.3 Å². The van der Waals surface area contributed by atoms with Gasteiger partial charge in [-0.2, -0.15) is 0 Å². The maximum absolute atomic E-state index is 13.5. The van der Waals surface area contributed by atoms with Crippen molar-refractivity contribution in [2.45, 2.75) is 52.1 Å². The van der Waals surface area contributed by atoms with E-state index in [0.29, 0.717) is 30.2 Å². The maximum Gasteiger partial charge on any atom is 0.242 e. The monoisotopic (exact) mass is 567 g/mol. The van der Waals surface area contributed by atoms with E-state index in [1.165, 1.54) is 17.5 Å². The van der Waals surface area contributed by atoms with Gasteiger partial charge in [0.25, 0.3) is 0 Å². The molecular weight excluding hydrogens is 530 g/mol. The molecule has 0 unspecified atom stereocenters. The van der Waals surface area contributed by atoms with E-state index < -0.39 is 16.1 Å². The molecule has 2 aromatic rings. The van der Waals surface area contributed by atoms with Gasteiger partial charge in [0.1, 0.15) is 17.5 Å². The molecule has 0 saturated heterocycles. The van der Waals surface area contributed by atoms with Crippen molar-refractivity contribution in [3.8, 4) is 11.5 Å². The lowest BCUT2D eigenvalue weighted by atomic mass is 10.1. The van der Waals surface area contributed by atoms with Gasteiger partial charge >= 0.3 is 0 Å². The lowest BCUT2D eigenvalue weighted by molar-refractivity contribution is -0.141. The molecular formula is C27H38ClN3O6S. The Morgan fingerprint density at radius 3 is 2.26 bits per heavy atom. The summed E-state index contributed by atoms with van der Waals surface area (Å²) in [6.07, 6.45) is 2.64. The van der Waals surface area contributed by atoms with E-state index in [4.69, 9.17) is 21.1 Å². The number of hydrogen-bond donors (Lipinski definition) is 1. The second-order valence-corrected chi connectivity index (χ2v) is 11.2. The third kappa shape index (κ3) is 8.80. The van der Waals surface area contributed by atoms with Crippen LogP contribution >= 0.6 is 11.6 Å². The highest BCUT2D eigenvalue weighted by molar-refractivity contribution is 7.92. The Labute approximate surface area is 231 Å². The van der Waals surface area contributed by atoms with E-state index in [0.717, 1.165) is 18.2 Å². The molecule has 0 spiro atoms. The van der Waals surface area contributed by atoms with Crippen LogP contribution in [0.2, 0.25) is 5.02 Å². The van der Waals surface area contributed by atoms with Crippen molar-refractivity contribution in [1.29, 1.82) is 0 Å². The van der Waals surface area contributed by atoms with Crippen molar-refractivity contribution >= 4 is 39.1 Å². The van der Waals surface area contributed by atoms with E-state index in [9.17, 15) is 18.0 Å². The second kappa shape index (κ2) is 14.8. The quantitative estimate of drug-likeness (QED) is 0.345. The summed E-state index contributed by atoms with van der Waals surface area (Å²) in [5.74, 6) is 0.682. The first-order valence-corrected chi connectivity index (χ1v) is 14.8. The maximum atomic E-state index is 13.5. The molecule has 1 N–H and O–H groups in total. The Kier molecular flexibility index (Phi) is 12.2. The molecule has 0 aromatic heterocycles. The summed E-state index contributed by atoms with van der Waals surface area (Å²) in [6.45, 7) is 4.66. The summed E-state index contributed by atoms with van der Waals surface area (Å²) in [5.41, 5.74) is 1.23. The van der Waals surface area contributed by atoms with Crippen molar-refractivity contribution < 1.29 is 27.5 Å². The fourth-order valence-electron chi connectivity index (χ4n) is 4.03. The van der Waals surface area contributed by atoms with Crippen LogP contribution in [0.4, 0.5) is 5.69 Å². The fraction of sp³-hybridized carbons (Fsp3) is 0.481. The van der Waals surface area contributed by atoms with Crippen LogP contribution in [0.1, 0.15) is 45.1 Å². The van der Waals surface area contributed by atoms with E-state index >= 15 is 0 Å². The summed E-state index contributed by atoms with van der Waals surface area (Å²) in [6, 6.07) is 11.4. The number of methoxy groups -OCH3 is 2.